The van der Waals surface area contributed by atoms with E-state index < -0.39 is 129 Å². The number of ether oxygens (including phenoxy) is 4. The van der Waals surface area contributed by atoms with Gasteiger partial charge in [0.25, 0.3) is 0 Å². The van der Waals surface area contributed by atoms with Gasteiger partial charge in [0, 0.05) is 13.3 Å². The molecule has 0 bridgehead atoms. The average molecular weight is 656 g/mol. The van der Waals surface area contributed by atoms with E-state index in [0.717, 1.165) is 6.92 Å². The third-order valence-electron chi connectivity index (χ3n) is 7.00. The first-order chi connectivity index (χ1) is 20.1. The number of aliphatic hydroxyl groups is 11. The van der Waals surface area contributed by atoms with Gasteiger partial charge in [0.1, 0.15) is 73.1 Å². The summed E-state index contributed by atoms with van der Waals surface area (Å²) >= 11 is 0. The third-order valence-corrected chi connectivity index (χ3v) is 7.00. The summed E-state index contributed by atoms with van der Waals surface area (Å²) in [5.74, 6) is -6.22. The second-order valence-electron chi connectivity index (χ2n) is 10.1. The zero-order valence-electron chi connectivity index (χ0n) is 23.7. The molecule has 0 aromatic rings. The third kappa shape index (κ3) is 9.30. The van der Waals surface area contributed by atoms with E-state index in [9.17, 15) is 75.7 Å². The molecule has 1 amide bonds. The first kappa shape index (κ1) is 41.0. The molecule has 2 saturated heterocycles. The Kier molecular flexibility index (Phi) is 16.6. The molecule has 0 spiro atoms. The Balaban J connectivity index is 0.00000968. The van der Waals surface area contributed by atoms with Crippen LogP contribution in [0.4, 0.5) is 0 Å². The zero-order chi connectivity index (χ0) is 32.8. The van der Waals surface area contributed by atoms with E-state index in [1.54, 1.807) is 0 Å². The molecule has 2 aliphatic heterocycles. The van der Waals surface area contributed by atoms with Gasteiger partial charge in [0.15, 0.2) is 12.6 Å². The van der Waals surface area contributed by atoms with Crippen LogP contribution >= 0.6 is 0 Å². The largest absolute Gasteiger partial charge is 1.00 e. The number of carbonyl (C=O) groups is 3. The second-order valence-corrected chi connectivity index (χ2v) is 10.1. The van der Waals surface area contributed by atoms with Crippen molar-refractivity contribution in [2.75, 3.05) is 19.8 Å². The fraction of sp³-hybridized carbons (Fsp3) is 0.870. The molecule has 2 rings (SSSR count). The first-order valence-electron chi connectivity index (χ1n) is 13.0. The molecule has 2 heterocycles. The Morgan fingerprint density at radius 3 is 2.11 bits per heavy atom. The van der Waals surface area contributed by atoms with E-state index >= 15 is 0 Å². The number of hydrogen-bond donors (Lipinski definition) is 12. The summed E-state index contributed by atoms with van der Waals surface area (Å²) < 4.78 is 21.3. The molecular formula is C23H38NNaO19. The van der Waals surface area contributed by atoms with Crippen LogP contribution in [0.3, 0.4) is 0 Å². The predicted molar refractivity (Wildman–Crippen MR) is 129 cm³/mol. The van der Waals surface area contributed by atoms with Gasteiger partial charge >= 0.3 is 29.6 Å². The number of carboxylic acids is 1. The van der Waals surface area contributed by atoms with Crippen molar-refractivity contribution in [2.24, 2.45) is 0 Å². The Morgan fingerprint density at radius 2 is 1.64 bits per heavy atom. The van der Waals surface area contributed by atoms with Crippen molar-refractivity contribution in [2.45, 2.75) is 105 Å². The van der Waals surface area contributed by atoms with Crippen molar-refractivity contribution in [3.8, 4) is 0 Å². The number of amides is 1. The quantitative estimate of drug-likeness (QED) is 0.0575. The second kappa shape index (κ2) is 17.8. The minimum absolute atomic E-state index is 0. The van der Waals surface area contributed by atoms with Crippen molar-refractivity contribution >= 4 is 18.2 Å². The summed E-state index contributed by atoms with van der Waals surface area (Å²) in [5.41, 5.74) is 0. The molecule has 0 aromatic heterocycles. The molecule has 0 aromatic carbocycles. The van der Waals surface area contributed by atoms with Gasteiger partial charge in [0.2, 0.25) is 11.7 Å². The fourth-order valence-electron chi connectivity index (χ4n) is 4.70. The molecule has 0 saturated carbocycles. The number of aliphatic hydroxyl groups excluding tert-OH is 11. The normalized spacial score (nSPS) is 36.5. The van der Waals surface area contributed by atoms with Crippen LogP contribution in [0, 0.1) is 0 Å². The van der Waals surface area contributed by atoms with E-state index in [0.29, 0.717) is 0 Å². The molecule has 15 unspecified atom stereocenters. The number of hydrogen-bond acceptors (Lipinski definition) is 19. The Hall–Kier alpha value is -0.990. The summed E-state index contributed by atoms with van der Waals surface area (Å²) in [6.07, 6.45) is -28.4. The predicted octanol–water partition coefficient (Wildman–Crippen LogP) is -12.7. The number of carboxylic acid groups (broad SMARTS) is 1. The van der Waals surface area contributed by atoms with Crippen molar-refractivity contribution in [3.05, 3.63) is 0 Å². The number of aldehydes is 1. The average Bonchev–Trinajstić information content (AvgIpc) is 2.97. The SMILES string of the molecule is CC(=O)NC1C(O)CC(OC2C(O)C(CO)OC(OC(C(O)CO)C(O)C(O)C=O)C2O)(C(=O)[O-])OC1C(O)C(O)CO.[Na+]. The fourth-order valence-corrected chi connectivity index (χ4v) is 4.70. The molecule has 0 radical (unpaired) electrons. The summed E-state index contributed by atoms with van der Waals surface area (Å²) in [6.45, 7) is -2.23. The maximum absolute atomic E-state index is 12.4. The topological polar surface area (TPSA) is 346 Å². The standard InChI is InChI=1S/C23H39NO19.Na/c1-7(29)24-13-8(30)2-23(22(38)39,42-19(13)15(35)10(32)4-26)43-20-16(36)12(6-28)40-21(17(20)37)41-18(11(33)5-27)14(34)9(31)3-25;/h3,8-21,26-28,30-37H,2,4-6H2,1H3,(H,24,29)(H,38,39);/q;+1/p-1. The van der Waals surface area contributed by atoms with Gasteiger partial charge in [-0.2, -0.15) is 0 Å². The minimum Gasteiger partial charge on any atom is -0.544 e. The minimum atomic E-state index is -3.18. The van der Waals surface area contributed by atoms with Crippen LogP contribution in [-0.4, -0.2) is 186 Å². The van der Waals surface area contributed by atoms with Gasteiger partial charge < -0.3 is 95.1 Å². The maximum Gasteiger partial charge on any atom is 1.00 e. The molecule has 21 heteroatoms. The smallest absolute Gasteiger partial charge is 0.544 e. The molecule has 2 fully saturated rings. The molecule has 15 atom stereocenters. The van der Waals surface area contributed by atoms with Crippen LogP contribution in [0.15, 0.2) is 0 Å². The Bertz CT molecular complexity index is 934. The summed E-state index contributed by atoms with van der Waals surface area (Å²) in [5, 5.41) is 126. The van der Waals surface area contributed by atoms with Crippen LogP contribution in [0.25, 0.3) is 0 Å². The monoisotopic (exact) mass is 655 g/mol. The summed E-state index contributed by atoms with van der Waals surface area (Å²) in [7, 11) is 0. The first-order valence-corrected chi connectivity index (χ1v) is 13.0. The Morgan fingerprint density at radius 1 is 1.05 bits per heavy atom. The number of carbonyl (C=O) groups excluding carboxylic acids is 3. The van der Waals surface area contributed by atoms with E-state index in [1.165, 1.54) is 0 Å². The molecule has 2 aliphatic rings. The van der Waals surface area contributed by atoms with E-state index in [-0.39, 0.29) is 35.8 Å². The van der Waals surface area contributed by atoms with Gasteiger partial charge in [-0.25, -0.2) is 0 Å². The van der Waals surface area contributed by atoms with Crippen molar-refractivity contribution < 1.29 is 124 Å². The molecule has 0 aliphatic carbocycles. The van der Waals surface area contributed by atoms with Gasteiger partial charge in [-0.1, -0.05) is 0 Å². The van der Waals surface area contributed by atoms with Crippen LogP contribution in [0.2, 0.25) is 0 Å². The molecular weight excluding hydrogens is 617 g/mol. The number of rotatable bonds is 15. The maximum atomic E-state index is 12.4. The number of aliphatic carboxylic acids is 1. The van der Waals surface area contributed by atoms with Crippen LogP contribution in [-0.2, 0) is 33.3 Å². The summed E-state index contributed by atoms with van der Waals surface area (Å²) in [4.78, 5) is 35.0. The van der Waals surface area contributed by atoms with Gasteiger partial charge in [0.05, 0.1) is 32.0 Å². The molecule has 250 valence electrons. The van der Waals surface area contributed by atoms with Gasteiger partial charge in [-0.3, -0.25) is 4.79 Å². The van der Waals surface area contributed by atoms with Crippen molar-refractivity contribution in [1.29, 1.82) is 0 Å². The van der Waals surface area contributed by atoms with Crippen molar-refractivity contribution in [1.82, 2.24) is 5.32 Å². The van der Waals surface area contributed by atoms with E-state index in [2.05, 4.69) is 5.32 Å². The van der Waals surface area contributed by atoms with Gasteiger partial charge in [-0.05, 0) is 0 Å². The number of nitrogens with one attached hydrogen (secondary N) is 1. The Labute approximate surface area is 271 Å². The van der Waals surface area contributed by atoms with E-state index in [1.807, 2.05) is 0 Å². The van der Waals surface area contributed by atoms with Crippen molar-refractivity contribution in [3.63, 3.8) is 0 Å². The van der Waals surface area contributed by atoms with Crippen LogP contribution < -0.4 is 40.0 Å². The molecule has 44 heavy (non-hydrogen) atoms. The molecule has 12 N–H and O–H groups in total. The van der Waals surface area contributed by atoms with Crippen LogP contribution in [0.1, 0.15) is 13.3 Å². The van der Waals surface area contributed by atoms with Gasteiger partial charge in [-0.15, -0.1) is 0 Å². The van der Waals surface area contributed by atoms with Crippen LogP contribution in [0.5, 0.6) is 0 Å². The molecule has 20 nitrogen and oxygen atoms in total. The summed E-state index contributed by atoms with van der Waals surface area (Å²) in [6, 6.07) is -1.60. The van der Waals surface area contributed by atoms with E-state index in [4.69, 9.17) is 18.9 Å². The zero-order valence-corrected chi connectivity index (χ0v) is 25.7.